The average molecular weight is 174 g/mol. The maximum absolute atomic E-state index is 5.73. The molecule has 0 amide bonds. The normalized spacial score (nSPS) is 9.80. The molecule has 10 heavy (non-hydrogen) atoms. The van der Waals surface area contributed by atoms with Crippen molar-refractivity contribution in [1.82, 2.24) is 4.98 Å². The molecule has 0 saturated carbocycles. The van der Waals surface area contributed by atoms with Crippen LogP contribution in [-0.2, 0) is 0 Å². The molecule has 0 fully saturated rings. The first kappa shape index (κ1) is 7.89. The second-order valence-electron chi connectivity index (χ2n) is 1.75. The lowest BCUT2D eigenvalue weighted by Crippen LogP contribution is -1.77. The molecule has 1 rings (SSSR count). The molecule has 54 valence electrons. The van der Waals surface area contributed by atoms with Gasteiger partial charge in [0.05, 0.1) is 5.03 Å². The van der Waals surface area contributed by atoms with E-state index in [1.54, 1.807) is 24.0 Å². The Morgan fingerprint density at radius 1 is 1.70 bits per heavy atom. The third-order valence-electron chi connectivity index (χ3n) is 0.989. The van der Waals surface area contributed by atoms with Crippen LogP contribution in [0.5, 0.6) is 0 Å². The van der Waals surface area contributed by atoms with Gasteiger partial charge < -0.3 is 0 Å². The molecule has 0 aliphatic rings. The van der Waals surface area contributed by atoms with Crippen LogP contribution in [-0.4, -0.2) is 10.7 Å². The summed E-state index contributed by atoms with van der Waals surface area (Å²) in [5.41, 5.74) is 0. The number of hydrogen-bond donors (Lipinski definition) is 0. The van der Waals surface area contributed by atoms with Gasteiger partial charge in [-0.15, -0.1) is 11.8 Å². The first-order valence-electron chi connectivity index (χ1n) is 3.07. The van der Waals surface area contributed by atoms with Gasteiger partial charge in [0.1, 0.15) is 0 Å². The van der Waals surface area contributed by atoms with Crippen molar-refractivity contribution >= 4 is 23.4 Å². The Labute approximate surface area is 69.8 Å². The minimum Gasteiger partial charge on any atom is -0.250 e. The van der Waals surface area contributed by atoms with Crippen molar-refractivity contribution in [2.45, 2.75) is 11.9 Å². The SMILES string of the molecule is CCSc1cc(Cl)ccn1. The fraction of sp³-hybridized carbons (Fsp3) is 0.286. The van der Waals surface area contributed by atoms with Crippen LogP contribution in [0.2, 0.25) is 5.02 Å². The fourth-order valence-electron chi connectivity index (χ4n) is 0.612. The Morgan fingerprint density at radius 2 is 2.50 bits per heavy atom. The van der Waals surface area contributed by atoms with E-state index >= 15 is 0 Å². The summed E-state index contributed by atoms with van der Waals surface area (Å²) in [4.78, 5) is 4.11. The molecule has 1 nitrogen and oxygen atoms in total. The minimum atomic E-state index is 0.756. The Hall–Kier alpha value is -0.210. The Bertz CT molecular complexity index is 215. The van der Waals surface area contributed by atoms with E-state index in [9.17, 15) is 0 Å². The summed E-state index contributed by atoms with van der Waals surface area (Å²) in [5, 5.41) is 1.75. The second kappa shape index (κ2) is 3.84. The highest BCUT2D eigenvalue weighted by atomic mass is 35.5. The van der Waals surface area contributed by atoms with E-state index in [4.69, 9.17) is 11.6 Å². The fourth-order valence-corrected chi connectivity index (χ4v) is 1.48. The van der Waals surface area contributed by atoms with E-state index in [1.807, 2.05) is 6.07 Å². The molecular weight excluding hydrogens is 166 g/mol. The molecule has 0 radical (unpaired) electrons. The van der Waals surface area contributed by atoms with Gasteiger partial charge in [0.25, 0.3) is 0 Å². The van der Waals surface area contributed by atoms with Crippen molar-refractivity contribution in [2.75, 3.05) is 5.75 Å². The van der Waals surface area contributed by atoms with Gasteiger partial charge in [-0.05, 0) is 17.9 Å². The molecule has 0 N–H and O–H groups in total. The van der Waals surface area contributed by atoms with Crippen LogP contribution < -0.4 is 0 Å². The number of nitrogens with zero attached hydrogens (tertiary/aromatic N) is 1. The van der Waals surface area contributed by atoms with E-state index in [0.717, 1.165) is 15.8 Å². The number of halogens is 1. The van der Waals surface area contributed by atoms with Gasteiger partial charge in [0.2, 0.25) is 0 Å². The summed E-state index contributed by atoms with van der Waals surface area (Å²) in [7, 11) is 0. The van der Waals surface area contributed by atoms with Gasteiger partial charge in [0, 0.05) is 11.2 Å². The lowest BCUT2D eigenvalue weighted by Gasteiger charge is -1.95. The number of hydrogen-bond acceptors (Lipinski definition) is 2. The molecule has 0 aromatic carbocycles. The molecule has 0 saturated heterocycles. The van der Waals surface area contributed by atoms with Crippen LogP contribution in [0.15, 0.2) is 23.4 Å². The lowest BCUT2D eigenvalue weighted by molar-refractivity contribution is 1.13. The molecule has 0 bridgehead atoms. The van der Waals surface area contributed by atoms with E-state index in [-0.39, 0.29) is 0 Å². The highest BCUT2D eigenvalue weighted by Gasteiger charge is 1.92. The van der Waals surface area contributed by atoms with Gasteiger partial charge in [-0.2, -0.15) is 0 Å². The van der Waals surface area contributed by atoms with Crippen LogP contribution in [0.25, 0.3) is 0 Å². The van der Waals surface area contributed by atoms with Gasteiger partial charge in [0.15, 0.2) is 0 Å². The van der Waals surface area contributed by atoms with Crippen LogP contribution >= 0.6 is 23.4 Å². The predicted octanol–water partition coefficient (Wildman–Crippen LogP) is 2.85. The summed E-state index contributed by atoms with van der Waals surface area (Å²) in [6.45, 7) is 2.09. The van der Waals surface area contributed by atoms with Gasteiger partial charge >= 0.3 is 0 Å². The molecule has 3 heteroatoms. The van der Waals surface area contributed by atoms with Crippen molar-refractivity contribution in [3.05, 3.63) is 23.4 Å². The second-order valence-corrected chi connectivity index (χ2v) is 3.47. The summed E-state index contributed by atoms with van der Waals surface area (Å²) in [6.07, 6.45) is 1.72. The van der Waals surface area contributed by atoms with Crippen LogP contribution in [0.4, 0.5) is 0 Å². The maximum Gasteiger partial charge on any atom is 0.0974 e. The monoisotopic (exact) mass is 173 g/mol. The number of thioether (sulfide) groups is 1. The average Bonchev–Trinajstić information content (AvgIpc) is 1.88. The molecule has 0 unspecified atom stereocenters. The van der Waals surface area contributed by atoms with Crippen LogP contribution in [0.3, 0.4) is 0 Å². The Balaban J connectivity index is 2.75. The van der Waals surface area contributed by atoms with E-state index in [1.165, 1.54) is 0 Å². The molecule has 0 atom stereocenters. The van der Waals surface area contributed by atoms with E-state index in [2.05, 4.69) is 11.9 Å². The van der Waals surface area contributed by atoms with Crippen molar-refractivity contribution in [2.24, 2.45) is 0 Å². The summed E-state index contributed by atoms with van der Waals surface area (Å²) in [5.74, 6) is 1.04. The standard InChI is InChI=1S/C7H8ClNS/c1-2-10-7-5-6(8)3-4-9-7/h3-5H,2H2,1H3. The van der Waals surface area contributed by atoms with Crippen LogP contribution in [0, 0.1) is 0 Å². The highest BCUT2D eigenvalue weighted by Crippen LogP contribution is 2.17. The summed E-state index contributed by atoms with van der Waals surface area (Å²) >= 11 is 7.42. The lowest BCUT2D eigenvalue weighted by atomic mass is 10.5. The highest BCUT2D eigenvalue weighted by molar-refractivity contribution is 7.99. The first-order chi connectivity index (χ1) is 4.83. The number of rotatable bonds is 2. The third-order valence-corrected chi connectivity index (χ3v) is 2.03. The zero-order valence-electron chi connectivity index (χ0n) is 5.67. The zero-order chi connectivity index (χ0) is 7.40. The van der Waals surface area contributed by atoms with Gasteiger partial charge in [-0.1, -0.05) is 18.5 Å². The first-order valence-corrected chi connectivity index (χ1v) is 4.43. The minimum absolute atomic E-state index is 0.756. The Kier molecular flexibility index (Phi) is 3.03. The van der Waals surface area contributed by atoms with E-state index < -0.39 is 0 Å². The quantitative estimate of drug-likeness (QED) is 0.638. The molecule has 0 spiro atoms. The summed E-state index contributed by atoms with van der Waals surface area (Å²) < 4.78 is 0. The maximum atomic E-state index is 5.73. The molecule has 0 aliphatic heterocycles. The van der Waals surface area contributed by atoms with Crippen molar-refractivity contribution in [3.63, 3.8) is 0 Å². The van der Waals surface area contributed by atoms with Gasteiger partial charge in [-0.3, -0.25) is 0 Å². The Morgan fingerprint density at radius 3 is 3.10 bits per heavy atom. The molecule has 1 aromatic heterocycles. The summed E-state index contributed by atoms with van der Waals surface area (Å²) in [6, 6.07) is 3.65. The predicted molar refractivity (Wildman–Crippen MR) is 45.6 cm³/mol. The van der Waals surface area contributed by atoms with Crippen LogP contribution in [0.1, 0.15) is 6.92 Å². The van der Waals surface area contributed by atoms with Crippen molar-refractivity contribution in [3.8, 4) is 0 Å². The molecule has 1 aromatic rings. The van der Waals surface area contributed by atoms with Crippen molar-refractivity contribution in [1.29, 1.82) is 0 Å². The largest absolute Gasteiger partial charge is 0.250 e. The molecular formula is C7H8ClNS. The molecule has 1 heterocycles. The number of aromatic nitrogens is 1. The number of pyridine rings is 1. The topological polar surface area (TPSA) is 12.9 Å². The van der Waals surface area contributed by atoms with Crippen molar-refractivity contribution < 1.29 is 0 Å². The van der Waals surface area contributed by atoms with Gasteiger partial charge in [-0.25, -0.2) is 4.98 Å². The van der Waals surface area contributed by atoms with E-state index in [0.29, 0.717) is 0 Å². The zero-order valence-corrected chi connectivity index (χ0v) is 7.25. The molecule has 0 aliphatic carbocycles. The third kappa shape index (κ3) is 2.20. The smallest absolute Gasteiger partial charge is 0.0974 e.